The van der Waals surface area contributed by atoms with Crippen LogP contribution in [-0.4, -0.2) is 20.8 Å². The first-order chi connectivity index (χ1) is 9.20. The van der Waals surface area contributed by atoms with Gasteiger partial charge in [0.25, 0.3) is 0 Å². The Balaban J connectivity index is 1.77. The molecular formula is C11H14BrN5OS. The quantitative estimate of drug-likeness (QED) is 0.873. The highest BCUT2D eigenvalue weighted by molar-refractivity contribution is 9.11. The number of hydrogen-bond acceptors (Lipinski definition) is 4. The molecule has 0 saturated heterocycles. The second-order valence-electron chi connectivity index (χ2n) is 3.75. The first kappa shape index (κ1) is 14.0. The van der Waals surface area contributed by atoms with Gasteiger partial charge in [-0.15, -0.1) is 11.3 Å². The summed E-state index contributed by atoms with van der Waals surface area (Å²) in [5, 5.41) is 11.6. The van der Waals surface area contributed by atoms with Gasteiger partial charge in [0.05, 0.1) is 10.3 Å². The Bertz CT molecular complexity index is 553. The van der Waals surface area contributed by atoms with Crippen LogP contribution in [0, 0.1) is 0 Å². The van der Waals surface area contributed by atoms with Gasteiger partial charge in [-0.2, -0.15) is 5.10 Å². The van der Waals surface area contributed by atoms with E-state index in [0.29, 0.717) is 13.1 Å². The Labute approximate surface area is 123 Å². The molecule has 0 aliphatic heterocycles. The van der Waals surface area contributed by atoms with Crippen molar-refractivity contribution >= 4 is 33.3 Å². The molecule has 2 aromatic heterocycles. The zero-order valence-corrected chi connectivity index (χ0v) is 12.8. The second-order valence-corrected chi connectivity index (χ2v) is 5.98. The smallest absolute Gasteiger partial charge is 0.315 e. The molecule has 2 amide bonds. The summed E-state index contributed by atoms with van der Waals surface area (Å²) in [6, 6.07) is 1.76. The third-order valence-electron chi connectivity index (χ3n) is 2.53. The molecule has 2 aromatic rings. The predicted molar refractivity (Wildman–Crippen MR) is 76.8 cm³/mol. The molecule has 0 aromatic carbocycles. The van der Waals surface area contributed by atoms with Gasteiger partial charge in [0, 0.05) is 13.1 Å². The van der Waals surface area contributed by atoms with Crippen molar-refractivity contribution in [3.63, 3.8) is 0 Å². The van der Waals surface area contributed by atoms with Crippen LogP contribution in [0.1, 0.15) is 18.3 Å². The average Bonchev–Trinajstić information content (AvgIpc) is 3.02. The highest BCUT2D eigenvalue weighted by Gasteiger charge is 2.06. The lowest BCUT2D eigenvalue weighted by molar-refractivity contribution is 0.239. The van der Waals surface area contributed by atoms with Crippen LogP contribution < -0.4 is 10.6 Å². The molecule has 0 atom stereocenters. The van der Waals surface area contributed by atoms with E-state index in [1.807, 2.05) is 18.4 Å². The van der Waals surface area contributed by atoms with Crippen LogP contribution in [0.3, 0.4) is 0 Å². The molecule has 2 N–H and O–H groups in total. The Morgan fingerprint density at radius 3 is 2.95 bits per heavy atom. The van der Waals surface area contributed by atoms with Crippen molar-refractivity contribution in [1.29, 1.82) is 0 Å². The minimum absolute atomic E-state index is 0.219. The number of nitrogens with zero attached hydrogens (tertiary/aromatic N) is 3. The van der Waals surface area contributed by atoms with E-state index in [9.17, 15) is 4.79 Å². The minimum Gasteiger partial charge on any atom is -0.334 e. The van der Waals surface area contributed by atoms with Crippen molar-refractivity contribution in [2.24, 2.45) is 0 Å². The molecule has 19 heavy (non-hydrogen) atoms. The maximum atomic E-state index is 11.7. The summed E-state index contributed by atoms with van der Waals surface area (Å²) in [5.74, 6) is 0.745. The molecule has 6 nitrogen and oxygen atoms in total. The van der Waals surface area contributed by atoms with E-state index in [0.717, 1.165) is 21.7 Å². The Morgan fingerprint density at radius 1 is 1.47 bits per heavy atom. The summed E-state index contributed by atoms with van der Waals surface area (Å²) < 4.78 is 2.79. The van der Waals surface area contributed by atoms with Crippen LogP contribution in [0.15, 0.2) is 21.6 Å². The average molecular weight is 344 g/mol. The molecule has 0 aliphatic rings. The van der Waals surface area contributed by atoms with Crippen molar-refractivity contribution in [3.05, 3.63) is 32.9 Å². The number of halogens is 1. The predicted octanol–water partition coefficient (Wildman–Crippen LogP) is 2.12. The Kier molecular flexibility index (Phi) is 4.92. The maximum absolute atomic E-state index is 11.7. The number of aromatic nitrogens is 3. The highest BCUT2D eigenvalue weighted by atomic mass is 79.9. The van der Waals surface area contributed by atoms with E-state index in [1.165, 1.54) is 6.33 Å². The fourth-order valence-corrected chi connectivity index (χ4v) is 2.77. The minimum atomic E-state index is -0.219. The van der Waals surface area contributed by atoms with E-state index in [1.54, 1.807) is 16.0 Å². The molecule has 0 spiro atoms. The third kappa shape index (κ3) is 3.77. The van der Waals surface area contributed by atoms with E-state index >= 15 is 0 Å². The summed E-state index contributed by atoms with van der Waals surface area (Å²) in [5.41, 5.74) is 1.07. The van der Waals surface area contributed by atoms with Crippen LogP contribution in [0.5, 0.6) is 0 Å². The largest absolute Gasteiger partial charge is 0.334 e. The number of hydrogen-bond donors (Lipinski definition) is 2. The molecule has 0 aliphatic carbocycles. The number of carbonyl (C=O) groups excluding carboxylic acids is 1. The number of urea groups is 1. The zero-order valence-electron chi connectivity index (χ0n) is 10.4. The number of carbonyl (C=O) groups is 1. The van der Waals surface area contributed by atoms with Gasteiger partial charge in [-0.25, -0.2) is 14.5 Å². The van der Waals surface area contributed by atoms with Gasteiger partial charge in [-0.3, -0.25) is 0 Å². The molecule has 0 saturated carbocycles. The molecule has 0 radical (unpaired) electrons. The first-order valence-corrected chi connectivity index (χ1v) is 7.48. The van der Waals surface area contributed by atoms with Gasteiger partial charge in [-0.05, 0) is 39.9 Å². The van der Waals surface area contributed by atoms with Crippen molar-refractivity contribution < 1.29 is 4.79 Å². The van der Waals surface area contributed by atoms with Crippen LogP contribution in [0.2, 0.25) is 0 Å². The zero-order chi connectivity index (χ0) is 13.7. The highest BCUT2D eigenvalue weighted by Crippen LogP contribution is 2.22. The lowest BCUT2D eigenvalue weighted by atomic mass is 10.3. The Morgan fingerprint density at radius 2 is 2.26 bits per heavy atom. The molecule has 8 heteroatoms. The topological polar surface area (TPSA) is 71.8 Å². The molecule has 0 unspecified atom stereocenters. The molecule has 0 fully saturated rings. The maximum Gasteiger partial charge on any atom is 0.315 e. The van der Waals surface area contributed by atoms with Gasteiger partial charge >= 0.3 is 6.03 Å². The summed E-state index contributed by atoms with van der Waals surface area (Å²) in [7, 11) is 0. The summed E-state index contributed by atoms with van der Waals surface area (Å²) in [6.45, 7) is 3.58. The number of aryl methyl sites for hydroxylation is 1. The van der Waals surface area contributed by atoms with Gasteiger partial charge < -0.3 is 10.6 Å². The number of nitrogens with one attached hydrogen (secondary N) is 2. The fraction of sp³-hybridized carbons (Fsp3) is 0.364. The first-order valence-electron chi connectivity index (χ1n) is 5.81. The van der Waals surface area contributed by atoms with Crippen molar-refractivity contribution in [1.82, 2.24) is 25.4 Å². The van der Waals surface area contributed by atoms with E-state index in [-0.39, 0.29) is 6.03 Å². The lowest BCUT2D eigenvalue weighted by Gasteiger charge is -2.07. The molecule has 102 valence electrons. The number of rotatable bonds is 5. The van der Waals surface area contributed by atoms with Crippen LogP contribution in [0.4, 0.5) is 4.79 Å². The summed E-state index contributed by atoms with van der Waals surface area (Å²) in [6.07, 6.45) is 1.49. The van der Waals surface area contributed by atoms with Crippen molar-refractivity contribution in [2.75, 3.05) is 0 Å². The lowest BCUT2D eigenvalue weighted by Crippen LogP contribution is -2.35. The van der Waals surface area contributed by atoms with Crippen LogP contribution in [-0.2, 0) is 19.6 Å². The van der Waals surface area contributed by atoms with Gasteiger partial charge in [0.1, 0.15) is 12.2 Å². The van der Waals surface area contributed by atoms with E-state index in [4.69, 9.17) is 0 Å². The van der Waals surface area contributed by atoms with E-state index in [2.05, 4.69) is 36.6 Å². The van der Waals surface area contributed by atoms with Crippen LogP contribution in [0.25, 0.3) is 0 Å². The standard InChI is InChI=1S/C11H14BrN5OS/c1-2-17-9(15-7-16-17)6-14-11(18)13-5-8-3-4-19-10(8)12/h3-4,7H,2,5-6H2,1H3,(H2,13,14,18). The molecule has 0 bridgehead atoms. The Hall–Kier alpha value is -1.41. The van der Waals surface area contributed by atoms with Gasteiger partial charge in [0.15, 0.2) is 0 Å². The molecular weight excluding hydrogens is 330 g/mol. The third-order valence-corrected chi connectivity index (χ3v) is 4.35. The number of thiophene rings is 1. The fourth-order valence-electron chi connectivity index (χ4n) is 1.53. The van der Waals surface area contributed by atoms with Crippen LogP contribution >= 0.6 is 27.3 Å². The monoisotopic (exact) mass is 343 g/mol. The van der Waals surface area contributed by atoms with Crippen molar-refractivity contribution in [2.45, 2.75) is 26.6 Å². The van der Waals surface area contributed by atoms with Gasteiger partial charge in [0.2, 0.25) is 0 Å². The SMILES string of the molecule is CCn1ncnc1CNC(=O)NCc1ccsc1Br. The second kappa shape index (κ2) is 6.67. The normalized spacial score (nSPS) is 10.4. The molecule has 2 heterocycles. The van der Waals surface area contributed by atoms with Crippen molar-refractivity contribution in [3.8, 4) is 0 Å². The van der Waals surface area contributed by atoms with E-state index < -0.39 is 0 Å². The number of amides is 2. The summed E-state index contributed by atoms with van der Waals surface area (Å²) in [4.78, 5) is 15.7. The summed E-state index contributed by atoms with van der Waals surface area (Å²) >= 11 is 5.03. The molecule has 2 rings (SSSR count). The van der Waals surface area contributed by atoms with Gasteiger partial charge in [-0.1, -0.05) is 0 Å².